The molecule has 1 fully saturated rings. The number of carbonyl (C=O) groups is 1. The molecule has 2 aromatic carbocycles. The monoisotopic (exact) mass is 539 g/mol. The lowest BCUT2D eigenvalue weighted by Crippen LogP contribution is -2.37. The summed E-state index contributed by atoms with van der Waals surface area (Å²) in [5.41, 5.74) is 9.86. The normalized spacial score (nSPS) is 17.7. The third-order valence-electron chi connectivity index (χ3n) is 6.40. The van der Waals surface area contributed by atoms with E-state index >= 15 is 0 Å². The maximum atomic E-state index is 13.1. The van der Waals surface area contributed by atoms with E-state index in [1.807, 2.05) is 66.7 Å². The molecule has 4 N–H and O–H groups in total. The van der Waals surface area contributed by atoms with Gasteiger partial charge in [0.1, 0.15) is 9.71 Å². The van der Waals surface area contributed by atoms with Gasteiger partial charge in [-0.2, -0.15) is 4.99 Å². The average Bonchev–Trinajstić information content (AvgIpc) is 3.30. The Morgan fingerprint density at radius 3 is 2.69 bits per heavy atom. The van der Waals surface area contributed by atoms with E-state index < -0.39 is 12.1 Å². The molecule has 2 aromatic heterocycles. The topological polar surface area (TPSA) is 138 Å². The third-order valence-corrected chi connectivity index (χ3v) is 7.50. The van der Waals surface area contributed by atoms with Crippen LogP contribution >= 0.6 is 11.3 Å². The van der Waals surface area contributed by atoms with E-state index in [4.69, 9.17) is 20.6 Å². The molecule has 6 rings (SSSR count). The molecule has 0 saturated carbocycles. The number of nitrogens with one attached hydrogen (secondary N) is 2. The van der Waals surface area contributed by atoms with E-state index in [1.165, 1.54) is 11.3 Å². The molecule has 196 valence electrons. The number of hydrogen-bond donors (Lipinski definition) is 3. The lowest BCUT2D eigenvalue weighted by atomic mass is 10.0. The minimum Gasteiger partial charge on any atom is -0.406 e. The first-order chi connectivity index (χ1) is 19.1. The second kappa shape index (κ2) is 10.6. The summed E-state index contributed by atoms with van der Waals surface area (Å²) in [6.07, 6.45) is 0.514. The maximum Gasteiger partial charge on any atom is 0.291 e. The molecular formula is C28H25N7O3S. The van der Waals surface area contributed by atoms with Gasteiger partial charge in [0.15, 0.2) is 0 Å². The molecule has 0 radical (unpaired) electrons. The Balaban J connectivity index is 1.32. The van der Waals surface area contributed by atoms with Crippen molar-refractivity contribution in [1.82, 2.24) is 4.98 Å². The number of ether oxygens (including phenoxy) is 2. The Morgan fingerprint density at radius 2 is 1.87 bits per heavy atom. The van der Waals surface area contributed by atoms with Crippen molar-refractivity contribution in [2.24, 2.45) is 15.7 Å². The van der Waals surface area contributed by atoms with Crippen LogP contribution in [0.5, 0.6) is 0 Å². The summed E-state index contributed by atoms with van der Waals surface area (Å²) in [7, 11) is 0. The number of benzodiazepines with no additional fused rings is 1. The molecule has 0 spiro atoms. The van der Waals surface area contributed by atoms with Crippen molar-refractivity contribution in [3.8, 4) is 0 Å². The van der Waals surface area contributed by atoms with Gasteiger partial charge in [-0.15, -0.1) is 11.3 Å². The molecule has 0 bridgehead atoms. The first kappa shape index (κ1) is 24.7. The van der Waals surface area contributed by atoms with Crippen molar-refractivity contribution in [3.63, 3.8) is 0 Å². The van der Waals surface area contributed by atoms with Crippen LogP contribution in [0, 0.1) is 5.41 Å². The predicted octanol–water partition coefficient (Wildman–Crippen LogP) is 3.61. The van der Waals surface area contributed by atoms with Crippen LogP contribution in [0.25, 0.3) is 10.2 Å². The molecule has 4 heterocycles. The van der Waals surface area contributed by atoms with Gasteiger partial charge >= 0.3 is 0 Å². The molecule has 2 aliphatic rings. The molecule has 0 aliphatic carbocycles. The van der Waals surface area contributed by atoms with Gasteiger partial charge in [-0.25, -0.2) is 9.98 Å². The third kappa shape index (κ3) is 4.97. The highest BCUT2D eigenvalue weighted by molar-refractivity contribution is 7.21. The summed E-state index contributed by atoms with van der Waals surface area (Å²) in [6, 6.07) is 20.5. The number of amidine groups is 1. The summed E-state index contributed by atoms with van der Waals surface area (Å²) >= 11 is 1.35. The van der Waals surface area contributed by atoms with E-state index in [1.54, 1.807) is 6.20 Å². The van der Waals surface area contributed by atoms with E-state index in [0.29, 0.717) is 42.6 Å². The van der Waals surface area contributed by atoms with Crippen LogP contribution in [0.4, 0.5) is 11.4 Å². The van der Waals surface area contributed by atoms with Crippen molar-refractivity contribution in [1.29, 1.82) is 5.41 Å². The fourth-order valence-corrected chi connectivity index (χ4v) is 5.68. The average molecular weight is 540 g/mol. The van der Waals surface area contributed by atoms with Crippen LogP contribution in [-0.4, -0.2) is 61.0 Å². The van der Waals surface area contributed by atoms with Crippen LogP contribution in [0.2, 0.25) is 0 Å². The van der Waals surface area contributed by atoms with E-state index in [9.17, 15) is 4.79 Å². The zero-order chi connectivity index (χ0) is 26.8. The number of aliphatic imine (C=N–C) groups is 2. The van der Waals surface area contributed by atoms with Crippen molar-refractivity contribution < 1.29 is 14.3 Å². The number of aromatic nitrogens is 1. The van der Waals surface area contributed by atoms with Crippen molar-refractivity contribution in [3.05, 3.63) is 88.9 Å². The smallest absolute Gasteiger partial charge is 0.291 e. The van der Waals surface area contributed by atoms with Crippen LogP contribution in [0.15, 0.2) is 82.9 Å². The highest BCUT2D eigenvalue weighted by Gasteiger charge is 2.28. The van der Waals surface area contributed by atoms with Gasteiger partial charge in [0, 0.05) is 35.8 Å². The zero-order valence-electron chi connectivity index (χ0n) is 20.8. The number of amides is 1. The Morgan fingerprint density at radius 1 is 1.10 bits per heavy atom. The second-order valence-electron chi connectivity index (χ2n) is 8.89. The molecule has 4 aromatic rings. The molecule has 1 amide bonds. The number of anilines is 2. The van der Waals surface area contributed by atoms with E-state index in [2.05, 4.69) is 25.2 Å². The van der Waals surface area contributed by atoms with Gasteiger partial charge in [0.2, 0.25) is 12.1 Å². The number of nitrogens with zero attached hydrogens (tertiary/aromatic N) is 4. The van der Waals surface area contributed by atoms with Gasteiger partial charge < -0.3 is 25.4 Å². The molecule has 39 heavy (non-hydrogen) atoms. The summed E-state index contributed by atoms with van der Waals surface area (Å²) in [5, 5.41) is 12.6. The maximum absolute atomic E-state index is 13.1. The first-order valence-corrected chi connectivity index (χ1v) is 13.2. The van der Waals surface area contributed by atoms with Gasteiger partial charge in [-0.1, -0.05) is 48.5 Å². The van der Waals surface area contributed by atoms with Crippen molar-refractivity contribution in [2.45, 2.75) is 6.17 Å². The van der Waals surface area contributed by atoms with Crippen molar-refractivity contribution >= 4 is 56.5 Å². The SMILES string of the molecule is N=C(OC(N)=N[C@H]1N=C(c2ccccc2)c2ccccc2NC1=O)c1sc2ncccc2c1N1CCOCC1. The van der Waals surface area contributed by atoms with Gasteiger partial charge in [-0.3, -0.25) is 10.2 Å². The van der Waals surface area contributed by atoms with Gasteiger partial charge in [-0.05, 0) is 18.2 Å². The van der Waals surface area contributed by atoms with Crippen LogP contribution in [0.3, 0.4) is 0 Å². The van der Waals surface area contributed by atoms with E-state index in [0.717, 1.165) is 27.0 Å². The number of hydrogen-bond acceptors (Lipinski definition) is 9. The number of nitrogens with two attached hydrogens (primary N) is 1. The van der Waals surface area contributed by atoms with Crippen LogP contribution in [0.1, 0.15) is 16.0 Å². The number of carbonyl (C=O) groups excluding carboxylic acids is 1. The predicted molar refractivity (Wildman–Crippen MR) is 153 cm³/mol. The minimum absolute atomic E-state index is 0.176. The molecular weight excluding hydrogens is 514 g/mol. The molecule has 1 saturated heterocycles. The molecule has 2 aliphatic heterocycles. The number of fused-ring (bicyclic) bond motifs is 2. The minimum atomic E-state index is -1.21. The highest BCUT2D eigenvalue weighted by atomic mass is 32.1. The summed E-state index contributed by atoms with van der Waals surface area (Å²) in [4.78, 5) is 30.1. The Kier molecular flexibility index (Phi) is 6.74. The molecule has 1 atom stereocenters. The number of thiophene rings is 1. The zero-order valence-corrected chi connectivity index (χ0v) is 21.6. The Bertz CT molecular complexity index is 1610. The van der Waals surface area contributed by atoms with Crippen molar-refractivity contribution in [2.75, 3.05) is 36.5 Å². The first-order valence-electron chi connectivity index (χ1n) is 12.4. The molecule has 0 unspecified atom stereocenters. The van der Waals surface area contributed by atoms with Gasteiger partial charge in [0.25, 0.3) is 11.9 Å². The van der Waals surface area contributed by atoms with Gasteiger partial charge in [0.05, 0.1) is 30.3 Å². The number of rotatable bonds is 4. The fraction of sp³-hybridized carbons (Fsp3) is 0.179. The summed E-state index contributed by atoms with van der Waals surface area (Å²) < 4.78 is 11.2. The number of morpholine rings is 1. The largest absolute Gasteiger partial charge is 0.406 e. The number of pyridine rings is 1. The fourth-order valence-electron chi connectivity index (χ4n) is 4.63. The quantitative estimate of drug-likeness (QED) is 0.268. The Hall–Kier alpha value is -4.61. The summed E-state index contributed by atoms with van der Waals surface area (Å²) in [5.74, 6) is -0.628. The van der Waals surface area contributed by atoms with E-state index in [-0.39, 0.29) is 11.9 Å². The lowest BCUT2D eigenvalue weighted by Gasteiger charge is -2.29. The molecule has 10 nitrogen and oxygen atoms in total. The Labute approximate surface area is 228 Å². The van der Waals surface area contributed by atoms with Crippen LogP contribution < -0.4 is 16.0 Å². The number of benzene rings is 2. The highest BCUT2D eigenvalue weighted by Crippen LogP contribution is 2.38. The molecule has 11 heteroatoms. The second-order valence-corrected chi connectivity index (χ2v) is 9.89. The lowest BCUT2D eigenvalue weighted by molar-refractivity contribution is -0.117. The van der Waals surface area contributed by atoms with Crippen LogP contribution in [-0.2, 0) is 14.3 Å². The standard InChI is InChI=1S/C28H25N7O3S/c29-24(23-22(35-13-15-37-16-14-35)19-10-6-12-31-27(19)39-23)38-28(30)34-25-26(36)32-20-11-5-4-9-18(20)21(33-25)17-7-2-1-3-8-17/h1-12,25,29H,13-16H2,(H2,30,34)(H,32,36)/t25-/m1/s1. The number of para-hydroxylation sites is 1. The summed E-state index contributed by atoms with van der Waals surface area (Å²) in [6.45, 7) is 2.56.